The first-order valence-electron chi connectivity index (χ1n) is 14.2. The van der Waals surface area contributed by atoms with Gasteiger partial charge in [-0.2, -0.15) is 0 Å². The molecule has 0 aromatic heterocycles. The summed E-state index contributed by atoms with van der Waals surface area (Å²) in [6.45, 7) is 6.94. The third-order valence-corrected chi connectivity index (χ3v) is 9.11. The van der Waals surface area contributed by atoms with E-state index in [-0.39, 0.29) is 5.41 Å². The molecule has 0 atom stereocenters. The molecule has 0 amide bonds. The second kappa shape index (κ2) is 8.41. The molecular formula is C40H30. The van der Waals surface area contributed by atoms with Gasteiger partial charge in [0.15, 0.2) is 0 Å². The van der Waals surface area contributed by atoms with Crippen LogP contribution in [0.2, 0.25) is 0 Å². The predicted octanol–water partition coefficient (Wildman–Crippen LogP) is 11.1. The summed E-state index contributed by atoms with van der Waals surface area (Å²) in [4.78, 5) is 0. The van der Waals surface area contributed by atoms with Crippen molar-refractivity contribution >= 4 is 32.3 Å². The Balaban J connectivity index is 1.49. The van der Waals surface area contributed by atoms with E-state index in [4.69, 9.17) is 0 Å². The van der Waals surface area contributed by atoms with Gasteiger partial charge in [0, 0.05) is 5.41 Å². The number of hydrogen-bond donors (Lipinski definition) is 0. The molecule has 0 N–H and O–H groups in total. The maximum Gasteiger partial charge on any atom is 0.0159 e. The highest BCUT2D eigenvalue weighted by Crippen LogP contribution is 2.51. The Morgan fingerprint density at radius 2 is 1.05 bits per heavy atom. The monoisotopic (exact) mass is 510 g/mol. The van der Waals surface area contributed by atoms with Crippen molar-refractivity contribution in [3.05, 3.63) is 144 Å². The Morgan fingerprint density at radius 3 is 1.90 bits per heavy atom. The molecule has 0 spiro atoms. The Hall–Kier alpha value is -4.68. The summed E-state index contributed by atoms with van der Waals surface area (Å²) < 4.78 is 0. The number of rotatable bonds is 2. The van der Waals surface area contributed by atoms with Crippen molar-refractivity contribution in [2.24, 2.45) is 0 Å². The quantitative estimate of drug-likeness (QED) is 0.203. The lowest BCUT2D eigenvalue weighted by atomic mass is 9.80. The lowest BCUT2D eigenvalue weighted by molar-refractivity contribution is 0.660. The molecule has 0 fully saturated rings. The first-order chi connectivity index (χ1) is 19.5. The van der Waals surface area contributed by atoms with E-state index >= 15 is 0 Å². The van der Waals surface area contributed by atoms with Crippen molar-refractivity contribution in [1.29, 1.82) is 0 Å². The SMILES string of the molecule is Cc1ccc2c(-c3cccc4ccccc34)c3ccccc3c(-c3ccc4c(c3)C(C)(C)c3ccccc3-4)c2c1. The van der Waals surface area contributed by atoms with E-state index in [0.29, 0.717) is 0 Å². The minimum atomic E-state index is -0.0354. The Morgan fingerprint density at radius 1 is 0.425 bits per heavy atom. The second-order valence-corrected chi connectivity index (χ2v) is 11.8. The van der Waals surface area contributed by atoms with E-state index in [1.165, 1.54) is 82.4 Å². The van der Waals surface area contributed by atoms with Gasteiger partial charge in [-0.1, -0.05) is 141 Å². The fraction of sp³-hybridized carbons (Fsp3) is 0.100. The topological polar surface area (TPSA) is 0 Å². The van der Waals surface area contributed by atoms with Crippen LogP contribution in [0.25, 0.3) is 65.7 Å². The van der Waals surface area contributed by atoms with E-state index in [2.05, 4.69) is 148 Å². The molecule has 0 heterocycles. The highest BCUT2D eigenvalue weighted by Gasteiger charge is 2.35. The smallest absolute Gasteiger partial charge is 0.0159 e. The van der Waals surface area contributed by atoms with Crippen LogP contribution in [0.3, 0.4) is 0 Å². The molecule has 7 aromatic rings. The van der Waals surface area contributed by atoms with Crippen LogP contribution in [0, 0.1) is 6.92 Å². The minimum Gasteiger partial charge on any atom is -0.0619 e. The number of hydrogen-bond acceptors (Lipinski definition) is 0. The molecule has 0 heteroatoms. The minimum absolute atomic E-state index is 0.0354. The molecule has 0 bridgehead atoms. The van der Waals surface area contributed by atoms with Crippen LogP contribution in [0.5, 0.6) is 0 Å². The summed E-state index contributed by atoms with van der Waals surface area (Å²) in [6.07, 6.45) is 0. The zero-order chi connectivity index (χ0) is 27.0. The third kappa shape index (κ3) is 3.20. The highest BCUT2D eigenvalue weighted by molar-refractivity contribution is 6.23. The van der Waals surface area contributed by atoms with E-state index in [9.17, 15) is 0 Å². The fourth-order valence-corrected chi connectivity index (χ4v) is 7.20. The van der Waals surface area contributed by atoms with Crippen molar-refractivity contribution in [3.8, 4) is 33.4 Å². The predicted molar refractivity (Wildman–Crippen MR) is 172 cm³/mol. The Bertz CT molecular complexity index is 2140. The van der Waals surface area contributed by atoms with Crippen LogP contribution >= 0.6 is 0 Å². The Kier molecular flexibility index (Phi) is 4.88. The third-order valence-electron chi connectivity index (χ3n) is 9.11. The van der Waals surface area contributed by atoms with E-state index in [1.807, 2.05) is 0 Å². The van der Waals surface area contributed by atoms with Crippen molar-refractivity contribution in [2.75, 3.05) is 0 Å². The molecule has 0 unspecified atom stereocenters. The van der Waals surface area contributed by atoms with Gasteiger partial charge < -0.3 is 0 Å². The normalized spacial score (nSPS) is 13.6. The molecule has 1 aliphatic carbocycles. The molecule has 40 heavy (non-hydrogen) atoms. The zero-order valence-corrected chi connectivity index (χ0v) is 23.1. The average Bonchev–Trinajstić information content (AvgIpc) is 3.21. The maximum absolute atomic E-state index is 2.47. The standard InChI is InChI=1S/C40H30/c1-25-19-21-34-35(23-25)38(27-20-22-30-29-14-8-9-18-36(29)40(2,3)37(30)24-27)32-15-6-7-16-33(32)39(34)31-17-10-12-26-11-4-5-13-28(26)31/h4-24H,1-3H3. The summed E-state index contributed by atoms with van der Waals surface area (Å²) >= 11 is 0. The van der Waals surface area contributed by atoms with Crippen molar-refractivity contribution < 1.29 is 0 Å². The van der Waals surface area contributed by atoms with Gasteiger partial charge in [0.1, 0.15) is 0 Å². The Labute approximate surface area is 235 Å². The van der Waals surface area contributed by atoms with Crippen LogP contribution < -0.4 is 0 Å². The van der Waals surface area contributed by atoms with Gasteiger partial charge in [-0.25, -0.2) is 0 Å². The summed E-state index contributed by atoms with van der Waals surface area (Å²) in [5.41, 5.74) is 12.0. The molecule has 0 aliphatic heterocycles. The van der Waals surface area contributed by atoms with Gasteiger partial charge in [0.05, 0.1) is 0 Å². The maximum atomic E-state index is 2.47. The summed E-state index contributed by atoms with van der Waals surface area (Å²) in [7, 11) is 0. The van der Waals surface area contributed by atoms with Gasteiger partial charge in [0.2, 0.25) is 0 Å². The number of benzene rings is 7. The molecule has 7 aromatic carbocycles. The van der Waals surface area contributed by atoms with Gasteiger partial charge in [-0.3, -0.25) is 0 Å². The highest BCUT2D eigenvalue weighted by atomic mass is 14.4. The summed E-state index contributed by atoms with van der Waals surface area (Å²) in [5.74, 6) is 0. The second-order valence-electron chi connectivity index (χ2n) is 11.8. The molecular weight excluding hydrogens is 480 g/mol. The van der Waals surface area contributed by atoms with Crippen LogP contribution in [-0.4, -0.2) is 0 Å². The van der Waals surface area contributed by atoms with Crippen molar-refractivity contribution in [1.82, 2.24) is 0 Å². The summed E-state index contributed by atoms with van der Waals surface area (Å²) in [5, 5.41) is 7.79. The number of aryl methyl sites for hydroxylation is 1. The zero-order valence-electron chi connectivity index (χ0n) is 23.1. The lowest BCUT2D eigenvalue weighted by Crippen LogP contribution is -2.14. The van der Waals surface area contributed by atoms with Crippen LogP contribution in [0.1, 0.15) is 30.5 Å². The van der Waals surface area contributed by atoms with Crippen LogP contribution in [-0.2, 0) is 5.41 Å². The van der Waals surface area contributed by atoms with Crippen LogP contribution in [0.4, 0.5) is 0 Å². The lowest BCUT2D eigenvalue weighted by Gasteiger charge is -2.23. The average molecular weight is 511 g/mol. The van der Waals surface area contributed by atoms with E-state index in [1.54, 1.807) is 0 Å². The summed E-state index contributed by atoms with van der Waals surface area (Å²) in [6, 6.07) is 47.5. The molecule has 0 radical (unpaired) electrons. The molecule has 1 aliphatic rings. The van der Waals surface area contributed by atoms with Gasteiger partial charge >= 0.3 is 0 Å². The van der Waals surface area contributed by atoms with Gasteiger partial charge in [-0.15, -0.1) is 0 Å². The first kappa shape index (κ1) is 23.2. The van der Waals surface area contributed by atoms with Gasteiger partial charge in [-0.05, 0) is 89.8 Å². The number of fused-ring (bicyclic) bond motifs is 6. The van der Waals surface area contributed by atoms with Gasteiger partial charge in [0.25, 0.3) is 0 Å². The molecule has 0 saturated heterocycles. The molecule has 0 saturated carbocycles. The molecule has 0 nitrogen and oxygen atoms in total. The fourth-order valence-electron chi connectivity index (χ4n) is 7.20. The van der Waals surface area contributed by atoms with E-state index in [0.717, 1.165) is 0 Å². The largest absolute Gasteiger partial charge is 0.0619 e. The molecule has 8 rings (SSSR count). The first-order valence-corrected chi connectivity index (χ1v) is 14.2. The van der Waals surface area contributed by atoms with Crippen LogP contribution in [0.15, 0.2) is 127 Å². The van der Waals surface area contributed by atoms with Crippen molar-refractivity contribution in [2.45, 2.75) is 26.2 Å². The van der Waals surface area contributed by atoms with Crippen molar-refractivity contribution in [3.63, 3.8) is 0 Å². The van der Waals surface area contributed by atoms with E-state index < -0.39 is 0 Å². The molecule has 190 valence electrons.